The summed E-state index contributed by atoms with van der Waals surface area (Å²) in [5.41, 5.74) is -1.07. The first kappa shape index (κ1) is 16.7. The van der Waals surface area contributed by atoms with E-state index in [1.54, 1.807) is 17.5 Å². The van der Waals surface area contributed by atoms with Gasteiger partial charge in [-0.25, -0.2) is 0 Å². The van der Waals surface area contributed by atoms with Crippen molar-refractivity contribution in [3.05, 3.63) is 52.2 Å². The molecule has 0 aliphatic carbocycles. The molecule has 2 aromatic rings. The van der Waals surface area contributed by atoms with Crippen molar-refractivity contribution < 1.29 is 22.8 Å². The lowest BCUT2D eigenvalue weighted by atomic mass is 10.0. The van der Waals surface area contributed by atoms with Crippen molar-refractivity contribution in [3.63, 3.8) is 0 Å². The topological polar surface area (TPSA) is 70.0 Å². The molecule has 1 heterocycles. The second-order valence-corrected chi connectivity index (χ2v) is 5.42. The van der Waals surface area contributed by atoms with Gasteiger partial charge in [0.15, 0.2) is 11.7 Å². The molecule has 8 heteroatoms. The Bertz CT molecular complexity index is 764. The van der Waals surface area contributed by atoms with Gasteiger partial charge in [0.05, 0.1) is 16.5 Å². The van der Waals surface area contributed by atoms with E-state index in [1.807, 2.05) is 0 Å². The molecule has 0 saturated carbocycles. The number of carbonyl (C=O) groups excluding carboxylic acids is 2. The molecule has 0 bridgehead atoms. The van der Waals surface area contributed by atoms with Crippen LogP contribution in [0.2, 0.25) is 0 Å². The highest BCUT2D eigenvalue weighted by Crippen LogP contribution is 2.30. The maximum atomic E-state index is 12.6. The van der Waals surface area contributed by atoms with Crippen LogP contribution in [0.1, 0.15) is 15.2 Å². The maximum absolute atomic E-state index is 12.6. The summed E-state index contributed by atoms with van der Waals surface area (Å²) < 4.78 is 37.9. The quantitative estimate of drug-likeness (QED) is 0.682. The molecular formula is C15H9F3N2O2S. The predicted molar refractivity (Wildman–Crippen MR) is 77.8 cm³/mol. The zero-order chi connectivity index (χ0) is 17.0. The molecule has 0 aliphatic rings. The molecule has 0 aliphatic heterocycles. The number of halogens is 3. The highest BCUT2D eigenvalue weighted by Gasteiger charge is 2.31. The van der Waals surface area contributed by atoms with E-state index in [9.17, 15) is 22.8 Å². The van der Waals surface area contributed by atoms with Crippen molar-refractivity contribution in [3.8, 4) is 6.07 Å². The molecule has 1 atom stereocenters. The number of nitrogens with zero attached hydrogens (tertiary/aromatic N) is 1. The number of carbonyl (C=O) groups is 2. The Balaban J connectivity index is 2.18. The summed E-state index contributed by atoms with van der Waals surface area (Å²) in [5, 5.41) is 12.8. The number of benzene rings is 1. The number of nitrogens with one attached hydrogen (secondary N) is 1. The van der Waals surface area contributed by atoms with Crippen molar-refractivity contribution in [1.29, 1.82) is 5.26 Å². The van der Waals surface area contributed by atoms with Crippen LogP contribution in [0, 0.1) is 17.2 Å². The molecule has 2 rings (SSSR count). The first-order valence-electron chi connectivity index (χ1n) is 6.28. The van der Waals surface area contributed by atoms with Crippen LogP contribution in [0.5, 0.6) is 0 Å². The monoisotopic (exact) mass is 338 g/mol. The van der Waals surface area contributed by atoms with Gasteiger partial charge in [0.1, 0.15) is 0 Å². The third-order valence-electron chi connectivity index (χ3n) is 2.87. The van der Waals surface area contributed by atoms with E-state index < -0.39 is 29.3 Å². The number of nitriles is 1. The van der Waals surface area contributed by atoms with E-state index in [-0.39, 0.29) is 10.6 Å². The Morgan fingerprint density at radius 3 is 2.52 bits per heavy atom. The third kappa shape index (κ3) is 3.96. The van der Waals surface area contributed by atoms with Gasteiger partial charge in [-0.3, -0.25) is 9.59 Å². The number of anilines is 1. The molecule has 0 spiro atoms. The van der Waals surface area contributed by atoms with Crippen molar-refractivity contribution >= 4 is 28.7 Å². The molecule has 1 amide bonds. The summed E-state index contributed by atoms with van der Waals surface area (Å²) in [5.74, 6) is -3.28. The Morgan fingerprint density at radius 2 is 1.96 bits per heavy atom. The van der Waals surface area contributed by atoms with Gasteiger partial charge in [-0.1, -0.05) is 12.1 Å². The number of hydrogen-bond donors (Lipinski definition) is 1. The van der Waals surface area contributed by atoms with Crippen LogP contribution in [0.15, 0.2) is 41.8 Å². The van der Waals surface area contributed by atoms with Gasteiger partial charge in [0.2, 0.25) is 5.91 Å². The summed E-state index contributed by atoms with van der Waals surface area (Å²) in [6.07, 6.45) is -4.55. The van der Waals surface area contributed by atoms with Gasteiger partial charge in [0, 0.05) is 5.69 Å². The molecule has 1 aromatic heterocycles. The number of thiophene rings is 1. The maximum Gasteiger partial charge on any atom is 0.416 e. The van der Waals surface area contributed by atoms with E-state index in [2.05, 4.69) is 5.32 Å². The normalized spacial score (nSPS) is 12.3. The molecule has 1 N–H and O–H groups in total. The van der Waals surface area contributed by atoms with Crippen LogP contribution in [0.25, 0.3) is 0 Å². The average molecular weight is 338 g/mol. The van der Waals surface area contributed by atoms with E-state index >= 15 is 0 Å². The second-order valence-electron chi connectivity index (χ2n) is 4.47. The number of alkyl halides is 3. The van der Waals surface area contributed by atoms with Gasteiger partial charge >= 0.3 is 6.18 Å². The molecule has 4 nitrogen and oxygen atoms in total. The predicted octanol–water partition coefficient (Wildman–Crippen LogP) is 3.73. The van der Waals surface area contributed by atoms with Crippen molar-refractivity contribution in [2.24, 2.45) is 5.92 Å². The van der Waals surface area contributed by atoms with Crippen LogP contribution in [-0.4, -0.2) is 11.7 Å². The van der Waals surface area contributed by atoms with Crippen LogP contribution in [0.4, 0.5) is 18.9 Å². The van der Waals surface area contributed by atoms with Crippen molar-refractivity contribution in [1.82, 2.24) is 0 Å². The summed E-state index contributed by atoms with van der Waals surface area (Å²) in [6.45, 7) is 0. The summed E-state index contributed by atoms with van der Waals surface area (Å²) in [4.78, 5) is 24.3. The summed E-state index contributed by atoms with van der Waals surface area (Å²) in [6, 6.07) is 8.61. The Labute approximate surface area is 133 Å². The highest BCUT2D eigenvalue weighted by atomic mass is 32.1. The second kappa shape index (κ2) is 6.62. The zero-order valence-electron chi connectivity index (χ0n) is 11.4. The summed E-state index contributed by atoms with van der Waals surface area (Å²) in [7, 11) is 0. The largest absolute Gasteiger partial charge is 0.416 e. The smallest absolute Gasteiger partial charge is 0.325 e. The minimum Gasteiger partial charge on any atom is -0.325 e. The van der Waals surface area contributed by atoms with Gasteiger partial charge in [-0.2, -0.15) is 18.4 Å². The fraction of sp³-hybridized carbons (Fsp3) is 0.133. The molecule has 118 valence electrons. The van der Waals surface area contributed by atoms with Crippen molar-refractivity contribution in [2.75, 3.05) is 5.32 Å². The minimum atomic E-state index is -4.55. The number of Topliss-reactive ketones (excluding diaryl/α,β-unsaturated/α-hetero) is 1. The van der Waals surface area contributed by atoms with E-state index in [4.69, 9.17) is 5.26 Å². The van der Waals surface area contributed by atoms with Crippen LogP contribution >= 0.6 is 11.3 Å². The molecule has 1 aromatic carbocycles. The highest BCUT2D eigenvalue weighted by molar-refractivity contribution is 7.12. The zero-order valence-corrected chi connectivity index (χ0v) is 12.2. The fourth-order valence-electron chi connectivity index (χ4n) is 1.79. The van der Waals surface area contributed by atoms with E-state index in [1.165, 1.54) is 12.1 Å². The average Bonchev–Trinajstić information content (AvgIpc) is 3.01. The van der Waals surface area contributed by atoms with Gasteiger partial charge in [-0.15, -0.1) is 11.3 Å². The number of rotatable bonds is 4. The van der Waals surface area contributed by atoms with Crippen LogP contribution in [-0.2, 0) is 11.0 Å². The lowest BCUT2D eigenvalue weighted by Crippen LogP contribution is -2.28. The molecule has 0 fully saturated rings. The van der Waals surface area contributed by atoms with Crippen LogP contribution in [0.3, 0.4) is 0 Å². The lowest BCUT2D eigenvalue weighted by molar-refractivity contribution is -0.137. The number of ketones is 1. The minimum absolute atomic E-state index is 0.135. The van der Waals surface area contributed by atoms with Gasteiger partial charge in [-0.05, 0) is 29.6 Å². The van der Waals surface area contributed by atoms with E-state index in [0.717, 1.165) is 29.5 Å². The first-order chi connectivity index (χ1) is 10.8. The lowest BCUT2D eigenvalue weighted by Gasteiger charge is -2.11. The first-order valence-corrected chi connectivity index (χ1v) is 7.16. The molecule has 0 saturated heterocycles. The number of hydrogen-bond acceptors (Lipinski definition) is 4. The molecule has 0 radical (unpaired) electrons. The van der Waals surface area contributed by atoms with Gasteiger partial charge < -0.3 is 5.32 Å². The molecule has 23 heavy (non-hydrogen) atoms. The molecule has 1 unspecified atom stereocenters. The standard InChI is InChI=1S/C15H9F3N2O2S/c16-15(17,18)9-3-1-4-10(7-9)20-14(22)11(8-19)13(21)12-5-2-6-23-12/h1-7,11H,(H,20,22). The van der Waals surface area contributed by atoms with Crippen LogP contribution < -0.4 is 5.32 Å². The Kier molecular flexibility index (Phi) is 4.81. The number of amides is 1. The van der Waals surface area contributed by atoms with Crippen molar-refractivity contribution in [2.45, 2.75) is 6.18 Å². The SMILES string of the molecule is N#CC(C(=O)Nc1cccc(C(F)(F)F)c1)C(=O)c1cccs1. The fourth-order valence-corrected chi connectivity index (χ4v) is 2.48. The van der Waals surface area contributed by atoms with E-state index in [0.29, 0.717) is 0 Å². The van der Waals surface area contributed by atoms with Gasteiger partial charge in [0.25, 0.3) is 0 Å². The Morgan fingerprint density at radius 1 is 1.22 bits per heavy atom. The Hall–Kier alpha value is -2.66. The summed E-state index contributed by atoms with van der Waals surface area (Å²) >= 11 is 1.07. The third-order valence-corrected chi connectivity index (χ3v) is 3.76. The molecular weight excluding hydrogens is 329 g/mol.